The molecule has 0 aliphatic heterocycles. The largest absolute Gasteiger partial charge is 0.369 e. The van der Waals surface area contributed by atoms with Gasteiger partial charge in [-0.3, -0.25) is 9.59 Å². The van der Waals surface area contributed by atoms with E-state index in [-0.39, 0.29) is 30.0 Å². The molecule has 0 heterocycles. The lowest BCUT2D eigenvalue weighted by molar-refractivity contribution is -0.122. The molecular weight excluding hydrogens is 345 g/mol. The quantitative estimate of drug-likeness (QED) is 0.764. The lowest BCUT2D eigenvalue weighted by Crippen LogP contribution is -2.33. The molecule has 3 rings (SSSR count). The second-order valence-corrected chi connectivity index (χ2v) is 7.98. The van der Waals surface area contributed by atoms with Crippen molar-refractivity contribution in [2.75, 3.05) is 23.8 Å². The third-order valence-corrected chi connectivity index (χ3v) is 5.83. The Morgan fingerprint density at radius 1 is 1.22 bits per heavy atom. The highest BCUT2D eigenvalue weighted by atomic mass is 19.1. The third-order valence-electron chi connectivity index (χ3n) is 5.83. The molecule has 6 heteroatoms. The van der Waals surface area contributed by atoms with Crippen LogP contribution in [0.5, 0.6) is 0 Å². The number of amides is 2. The molecule has 5 nitrogen and oxygen atoms in total. The Morgan fingerprint density at radius 2 is 1.93 bits per heavy atom. The Labute approximate surface area is 160 Å². The van der Waals surface area contributed by atoms with E-state index in [1.54, 1.807) is 12.1 Å². The number of hydrogen-bond donors (Lipinski definition) is 2. The summed E-state index contributed by atoms with van der Waals surface area (Å²) in [4.78, 5) is 25.8. The molecule has 148 valence electrons. The topological polar surface area (TPSA) is 61.4 Å². The van der Waals surface area contributed by atoms with Gasteiger partial charge in [-0.25, -0.2) is 4.39 Å². The smallest absolute Gasteiger partial charge is 0.226 e. The summed E-state index contributed by atoms with van der Waals surface area (Å²) in [6, 6.07) is 5.22. The maximum absolute atomic E-state index is 14.5. The number of benzene rings is 1. The molecule has 1 aromatic carbocycles. The molecular formula is C21H30FN3O2. The van der Waals surface area contributed by atoms with Gasteiger partial charge in [0.2, 0.25) is 11.8 Å². The maximum atomic E-state index is 14.5. The highest BCUT2D eigenvalue weighted by Gasteiger charge is 2.38. The molecule has 2 atom stereocenters. The van der Waals surface area contributed by atoms with Crippen molar-refractivity contribution >= 4 is 23.2 Å². The average molecular weight is 375 g/mol. The first-order chi connectivity index (χ1) is 13.0. The van der Waals surface area contributed by atoms with Crippen LogP contribution in [0.4, 0.5) is 15.8 Å². The molecule has 2 saturated carbocycles. The Hall–Kier alpha value is -2.11. The summed E-state index contributed by atoms with van der Waals surface area (Å²) in [6.07, 6.45) is 6.95. The minimum Gasteiger partial charge on any atom is -0.369 e. The van der Waals surface area contributed by atoms with Gasteiger partial charge in [0.1, 0.15) is 5.82 Å². The van der Waals surface area contributed by atoms with Gasteiger partial charge in [0.25, 0.3) is 0 Å². The number of anilines is 2. The van der Waals surface area contributed by atoms with Crippen LogP contribution in [0.2, 0.25) is 0 Å². The van der Waals surface area contributed by atoms with Crippen molar-refractivity contribution in [1.82, 2.24) is 5.32 Å². The second-order valence-electron chi connectivity index (χ2n) is 7.98. The number of nitrogens with one attached hydrogen (secondary N) is 2. The van der Waals surface area contributed by atoms with Gasteiger partial charge in [-0.1, -0.05) is 26.2 Å². The van der Waals surface area contributed by atoms with Crippen LogP contribution in [0.25, 0.3) is 0 Å². The van der Waals surface area contributed by atoms with Crippen molar-refractivity contribution in [2.24, 2.45) is 11.8 Å². The molecule has 0 saturated heterocycles. The van der Waals surface area contributed by atoms with Gasteiger partial charge in [0.05, 0.1) is 5.69 Å². The van der Waals surface area contributed by atoms with Crippen molar-refractivity contribution in [3.63, 3.8) is 0 Å². The molecule has 2 aliphatic carbocycles. The summed E-state index contributed by atoms with van der Waals surface area (Å²) in [5.41, 5.74) is 1.02. The standard InChI is InChI=1S/C21H30FN3O2/c1-14-12-17(14)21(27)23-11-10-20(26)24-15-8-9-19(18(22)13-15)25(2)16-6-4-3-5-7-16/h8-9,13-14,16-17H,3-7,10-12H2,1-2H3,(H,23,27)(H,24,26). The fourth-order valence-corrected chi connectivity index (χ4v) is 3.88. The van der Waals surface area contributed by atoms with Crippen molar-refractivity contribution in [1.29, 1.82) is 0 Å². The third kappa shape index (κ3) is 5.21. The SMILES string of the molecule is CC1CC1C(=O)NCCC(=O)Nc1ccc(N(C)C2CCCCC2)c(F)c1. The van der Waals surface area contributed by atoms with Crippen LogP contribution in [0.1, 0.15) is 51.9 Å². The predicted octanol–water partition coefficient (Wildman–Crippen LogP) is 3.70. The maximum Gasteiger partial charge on any atom is 0.226 e. The minimum atomic E-state index is -0.322. The first kappa shape index (κ1) is 19.6. The Bertz CT molecular complexity index is 688. The van der Waals surface area contributed by atoms with E-state index in [4.69, 9.17) is 0 Å². The van der Waals surface area contributed by atoms with Gasteiger partial charge >= 0.3 is 0 Å². The molecule has 0 radical (unpaired) electrons. The van der Waals surface area contributed by atoms with Crippen LogP contribution in [-0.4, -0.2) is 31.4 Å². The summed E-state index contributed by atoms with van der Waals surface area (Å²) in [5, 5.41) is 5.49. The zero-order valence-electron chi connectivity index (χ0n) is 16.3. The van der Waals surface area contributed by atoms with Crippen molar-refractivity contribution in [2.45, 2.75) is 57.9 Å². The van der Waals surface area contributed by atoms with Crippen LogP contribution < -0.4 is 15.5 Å². The molecule has 27 heavy (non-hydrogen) atoms. The van der Waals surface area contributed by atoms with Crippen LogP contribution >= 0.6 is 0 Å². The van der Waals surface area contributed by atoms with E-state index < -0.39 is 0 Å². The summed E-state index contributed by atoms with van der Waals surface area (Å²) in [6.45, 7) is 2.35. The van der Waals surface area contributed by atoms with E-state index in [1.807, 2.05) is 18.9 Å². The molecule has 0 aromatic heterocycles. The molecule has 0 bridgehead atoms. The van der Waals surface area contributed by atoms with Gasteiger partial charge in [0, 0.05) is 37.7 Å². The van der Waals surface area contributed by atoms with Crippen LogP contribution in [0.3, 0.4) is 0 Å². The zero-order valence-corrected chi connectivity index (χ0v) is 16.3. The van der Waals surface area contributed by atoms with Crippen molar-refractivity contribution in [3.8, 4) is 0 Å². The predicted molar refractivity (Wildman–Crippen MR) is 105 cm³/mol. The Balaban J connectivity index is 1.47. The fourth-order valence-electron chi connectivity index (χ4n) is 3.88. The molecule has 0 spiro atoms. The van der Waals surface area contributed by atoms with Crippen molar-refractivity contribution in [3.05, 3.63) is 24.0 Å². The number of nitrogens with zero attached hydrogens (tertiary/aromatic N) is 1. The van der Waals surface area contributed by atoms with E-state index in [0.717, 1.165) is 19.3 Å². The Morgan fingerprint density at radius 3 is 2.56 bits per heavy atom. The zero-order chi connectivity index (χ0) is 19.4. The van der Waals surface area contributed by atoms with Gasteiger partial charge in [-0.2, -0.15) is 0 Å². The summed E-state index contributed by atoms with van der Waals surface area (Å²) in [7, 11) is 1.94. The van der Waals surface area contributed by atoms with E-state index in [9.17, 15) is 14.0 Å². The first-order valence-corrected chi connectivity index (χ1v) is 10.1. The number of rotatable bonds is 7. The van der Waals surface area contributed by atoms with E-state index in [1.165, 1.54) is 25.3 Å². The van der Waals surface area contributed by atoms with Crippen molar-refractivity contribution < 1.29 is 14.0 Å². The monoisotopic (exact) mass is 375 g/mol. The van der Waals surface area contributed by atoms with Crippen LogP contribution in [0.15, 0.2) is 18.2 Å². The minimum absolute atomic E-state index is 0.0245. The normalized spacial score (nSPS) is 22.2. The highest BCUT2D eigenvalue weighted by Crippen LogP contribution is 2.37. The lowest BCUT2D eigenvalue weighted by Gasteiger charge is -2.33. The Kier molecular flexibility index (Phi) is 6.34. The number of hydrogen-bond acceptors (Lipinski definition) is 3. The van der Waals surface area contributed by atoms with E-state index in [2.05, 4.69) is 10.6 Å². The summed E-state index contributed by atoms with van der Waals surface area (Å²) < 4.78 is 14.5. The lowest BCUT2D eigenvalue weighted by atomic mass is 9.94. The van der Waals surface area contributed by atoms with Gasteiger partial charge in [0.15, 0.2) is 0 Å². The fraction of sp³-hybridized carbons (Fsp3) is 0.619. The summed E-state index contributed by atoms with van der Waals surface area (Å²) >= 11 is 0. The summed E-state index contributed by atoms with van der Waals surface area (Å²) in [5.74, 6) is 0.0307. The first-order valence-electron chi connectivity index (χ1n) is 10.1. The van der Waals surface area contributed by atoms with Crippen LogP contribution in [0, 0.1) is 17.7 Å². The molecule has 2 fully saturated rings. The van der Waals surface area contributed by atoms with Gasteiger partial charge < -0.3 is 15.5 Å². The van der Waals surface area contributed by atoms with E-state index >= 15 is 0 Å². The highest BCUT2D eigenvalue weighted by molar-refractivity contribution is 5.91. The number of carbonyl (C=O) groups is 2. The molecule has 2 unspecified atom stereocenters. The number of halogens is 1. The molecule has 1 aromatic rings. The van der Waals surface area contributed by atoms with Gasteiger partial charge in [-0.05, 0) is 43.4 Å². The molecule has 2 amide bonds. The molecule has 2 aliphatic rings. The average Bonchev–Trinajstić information content (AvgIpc) is 3.39. The molecule has 2 N–H and O–H groups in total. The van der Waals surface area contributed by atoms with E-state index in [0.29, 0.717) is 29.9 Å². The second kappa shape index (κ2) is 8.72. The van der Waals surface area contributed by atoms with Gasteiger partial charge in [-0.15, -0.1) is 0 Å². The number of carbonyl (C=O) groups excluding carboxylic acids is 2. The van der Waals surface area contributed by atoms with Crippen LogP contribution in [-0.2, 0) is 9.59 Å².